The number of hydrogen-bond donors (Lipinski definition) is 1. The predicted molar refractivity (Wildman–Crippen MR) is 56.9 cm³/mol. The normalized spacial score (nSPS) is 9.23. The molecule has 1 aromatic rings. The third-order valence-electron chi connectivity index (χ3n) is 1.66. The van der Waals surface area contributed by atoms with Gasteiger partial charge in [0.25, 0.3) is 0 Å². The minimum atomic E-state index is 0.546. The lowest BCUT2D eigenvalue weighted by molar-refractivity contribution is 1.07. The molecule has 0 fully saturated rings. The molecule has 0 aliphatic rings. The van der Waals surface area contributed by atoms with E-state index in [2.05, 4.69) is 29.8 Å². The van der Waals surface area contributed by atoms with Crippen molar-refractivity contribution < 1.29 is 0 Å². The van der Waals surface area contributed by atoms with E-state index in [0.29, 0.717) is 6.42 Å². The first-order valence-electron chi connectivity index (χ1n) is 4.11. The maximum atomic E-state index is 8.33. The molecule has 0 aliphatic carbocycles. The Morgan fingerprint density at radius 2 is 2.08 bits per heavy atom. The molecule has 0 bridgehead atoms. The van der Waals surface area contributed by atoms with E-state index in [1.54, 1.807) is 11.8 Å². The monoisotopic (exact) mass is 192 g/mol. The molecule has 0 saturated heterocycles. The third kappa shape index (κ3) is 3.39. The lowest BCUT2D eigenvalue weighted by atomic mass is 10.3. The van der Waals surface area contributed by atoms with Gasteiger partial charge in [-0.05, 0) is 30.5 Å². The van der Waals surface area contributed by atoms with Gasteiger partial charge >= 0.3 is 0 Å². The molecule has 0 atom stereocenters. The second-order valence-electron chi connectivity index (χ2n) is 2.56. The fourth-order valence-corrected chi connectivity index (χ4v) is 1.38. The van der Waals surface area contributed by atoms with Crippen molar-refractivity contribution >= 4 is 17.4 Å². The van der Waals surface area contributed by atoms with Crippen molar-refractivity contribution in [2.45, 2.75) is 11.3 Å². The Bertz CT molecular complexity index is 287. The number of nitrogens with one attached hydrogen (secondary N) is 1. The predicted octanol–water partition coefficient (Wildman–Crippen LogP) is 2.73. The second-order valence-corrected chi connectivity index (χ2v) is 3.44. The van der Waals surface area contributed by atoms with Crippen LogP contribution in [0.25, 0.3) is 0 Å². The molecular weight excluding hydrogens is 180 g/mol. The fraction of sp³-hybridized carbons (Fsp3) is 0.300. The molecule has 0 saturated carbocycles. The van der Waals surface area contributed by atoms with Crippen LogP contribution in [0.3, 0.4) is 0 Å². The van der Waals surface area contributed by atoms with Gasteiger partial charge in [0.15, 0.2) is 0 Å². The van der Waals surface area contributed by atoms with Gasteiger partial charge in [0.2, 0.25) is 0 Å². The number of benzene rings is 1. The highest BCUT2D eigenvalue weighted by atomic mass is 32.2. The average molecular weight is 192 g/mol. The molecule has 2 nitrogen and oxygen atoms in total. The van der Waals surface area contributed by atoms with E-state index in [1.807, 2.05) is 12.1 Å². The van der Waals surface area contributed by atoms with Crippen LogP contribution in [0.2, 0.25) is 0 Å². The van der Waals surface area contributed by atoms with E-state index in [-0.39, 0.29) is 0 Å². The largest absolute Gasteiger partial charge is 0.384 e. The molecular formula is C10H12N2S. The van der Waals surface area contributed by atoms with Gasteiger partial charge in [0, 0.05) is 17.1 Å². The lowest BCUT2D eigenvalue weighted by Gasteiger charge is -2.03. The van der Waals surface area contributed by atoms with E-state index in [0.717, 1.165) is 12.2 Å². The molecule has 68 valence electrons. The fourth-order valence-electron chi connectivity index (χ4n) is 0.972. The quantitative estimate of drug-likeness (QED) is 0.588. The van der Waals surface area contributed by atoms with Crippen molar-refractivity contribution in [2.75, 3.05) is 18.1 Å². The molecule has 3 heteroatoms. The Balaban J connectivity index is 2.45. The van der Waals surface area contributed by atoms with Gasteiger partial charge in [-0.3, -0.25) is 0 Å². The summed E-state index contributed by atoms with van der Waals surface area (Å²) < 4.78 is 0. The van der Waals surface area contributed by atoms with Crippen LogP contribution in [-0.4, -0.2) is 12.8 Å². The molecule has 1 aromatic carbocycles. The summed E-state index contributed by atoms with van der Waals surface area (Å²) in [4.78, 5) is 1.26. The molecule has 0 aliphatic heterocycles. The Labute approximate surface area is 83.0 Å². The highest BCUT2D eigenvalue weighted by Gasteiger charge is 1.91. The van der Waals surface area contributed by atoms with Gasteiger partial charge in [-0.1, -0.05) is 0 Å². The standard InChI is InChI=1S/C10H12N2S/c1-13-10-5-3-9(4-6-10)12-8-2-7-11/h3-6,12H,2,8H2,1H3. The van der Waals surface area contributed by atoms with Crippen molar-refractivity contribution in [2.24, 2.45) is 0 Å². The van der Waals surface area contributed by atoms with Gasteiger partial charge in [0.1, 0.15) is 0 Å². The zero-order chi connectivity index (χ0) is 9.52. The maximum absolute atomic E-state index is 8.33. The summed E-state index contributed by atoms with van der Waals surface area (Å²) in [5, 5.41) is 11.5. The van der Waals surface area contributed by atoms with Gasteiger partial charge in [-0.25, -0.2) is 0 Å². The average Bonchev–Trinajstić information content (AvgIpc) is 2.19. The summed E-state index contributed by atoms with van der Waals surface area (Å²) in [5.41, 5.74) is 1.08. The first-order chi connectivity index (χ1) is 6.36. The van der Waals surface area contributed by atoms with Crippen LogP contribution in [0.5, 0.6) is 0 Å². The van der Waals surface area contributed by atoms with Crippen molar-refractivity contribution in [3.8, 4) is 6.07 Å². The number of rotatable bonds is 4. The Hall–Kier alpha value is -1.14. The summed E-state index contributed by atoms with van der Waals surface area (Å²) >= 11 is 1.73. The first-order valence-corrected chi connectivity index (χ1v) is 5.34. The van der Waals surface area contributed by atoms with Crippen molar-refractivity contribution in [3.05, 3.63) is 24.3 Å². The summed E-state index contributed by atoms with van der Waals surface area (Å²) in [7, 11) is 0. The molecule has 0 heterocycles. The van der Waals surface area contributed by atoms with Crippen molar-refractivity contribution in [3.63, 3.8) is 0 Å². The highest BCUT2D eigenvalue weighted by Crippen LogP contribution is 2.17. The van der Waals surface area contributed by atoms with E-state index in [4.69, 9.17) is 5.26 Å². The highest BCUT2D eigenvalue weighted by molar-refractivity contribution is 7.98. The Kier molecular flexibility index (Phi) is 4.20. The summed E-state index contributed by atoms with van der Waals surface area (Å²) in [6, 6.07) is 10.3. The van der Waals surface area contributed by atoms with Crippen molar-refractivity contribution in [1.29, 1.82) is 5.26 Å². The smallest absolute Gasteiger partial charge is 0.0640 e. The van der Waals surface area contributed by atoms with Crippen LogP contribution in [0.4, 0.5) is 5.69 Å². The van der Waals surface area contributed by atoms with E-state index < -0.39 is 0 Å². The van der Waals surface area contributed by atoms with Crippen LogP contribution >= 0.6 is 11.8 Å². The van der Waals surface area contributed by atoms with Crippen LogP contribution in [0.15, 0.2) is 29.2 Å². The van der Waals surface area contributed by atoms with Crippen LogP contribution in [0.1, 0.15) is 6.42 Å². The minimum Gasteiger partial charge on any atom is -0.384 e. The van der Waals surface area contributed by atoms with Crippen LogP contribution in [0, 0.1) is 11.3 Å². The molecule has 0 unspecified atom stereocenters. The SMILES string of the molecule is CSc1ccc(NCCC#N)cc1. The molecule has 0 spiro atoms. The lowest BCUT2D eigenvalue weighted by Crippen LogP contribution is -1.99. The molecule has 13 heavy (non-hydrogen) atoms. The van der Waals surface area contributed by atoms with E-state index in [9.17, 15) is 0 Å². The summed E-state index contributed by atoms with van der Waals surface area (Å²) in [6.07, 6.45) is 2.60. The summed E-state index contributed by atoms with van der Waals surface area (Å²) in [6.45, 7) is 0.717. The second kappa shape index (κ2) is 5.50. The minimum absolute atomic E-state index is 0.546. The van der Waals surface area contributed by atoms with E-state index in [1.165, 1.54) is 4.90 Å². The first kappa shape index (κ1) is 9.94. The number of nitriles is 1. The third-order valence-corrected chi connectivity index (χ3v) is 2.40. The maximum Gasteiger partial charge on any atom is 0.0640 e. The molecule has 1 rings (SSSR count). The Morgan fingerprint density at radius 1 is 1.38 bits per heavy atom. The number of anilines is 1. The Morgan fingerprint density at radius 3 is 2.62 bits per heavy atom. The molecule has 0 radical (unpaired) electrons. The summed E-state index contributed by atoms with van der Waals surface area (Å²) in [5.74, 6) is 0. The van der Waals surface area contributed by atoms with Crippen LogP contribution in [-0.2, 0) is 0 Å². The van der Waals surface area contributed by atoms with Gasteiger partial charge in [0.05, 0.1) is 12.5 Å². The number of thioether (sulfide) groups is 1. The topological polar surface area (TPSA) is 35.8 Å². The van der Waals surface area contributed by atoms with Crippen LogP contribution < -0.4 is 5.32 Å². The molecule has 0 amide bonds. The zero-order valence-corrected chi connectivity index (χ0v) is 8.40. The number of hydrogen-bond acceptors (Lipinski definition) is 3. The van der Waals surface area contributed by atoms with Gasteiger partial charge in [-0.15, -0.1) is 11.8 Å². The number of nitrogens with zero attached hydrogens (tertiary/aromatic N) is 1. The van der Waals surface area contributed by atoms with E-state index >= 15 is 0 Å². The molecule has 0 aromatic heterocycles. The molecule has 1 N–H and O–H groups in total. The van der Waals surface area contributed by atoms with Gasteiger partial charge in [-0.2, -0.15) is 5.26 Å². The zero-order valence-electron chi connectivity index (χ0n) is 7.58. The van der Waals surface area contributed by atoms with Crippen molar-refractivity contribution in [1.82, 2.24) is 0 Å². The van der Waals surface area contributed by atoms with Gasteiger partial charge < -0.3 is 5.32 Å².